The molecule has 1 rings (SSSR count). The molecule has 0 heterocycles. The van der Waals surface area contributed by atoms with Crippen molar-refractivity contribution in [3.05, 3.63) is 48.6 Å². The highest BCUT2D eigenvalue weighted by molar-refractivity contribution is 5.74. The van der Waals surface area contributed by atoms with Crippen molar-refractivity contribution in [3.8, 4) is 0 Å². The van der Waals surface area contributed by atoms with E-state index in [2.05, 4.69) is 11.9 Å². The fourth-order valence-electron chi connectivity index (χ4n) is 1.78. The van der Waals surface area contributed by atoms with Crippen LogP contribution >= 0.6 is 0 Å². The van der Waals surface area contributed by atoms with E-state index in [0.29, 0.717) is 6.54 Å². The summed E-state index contributed by atoms with van der Waals surface area (Å²) in [7, 11) is 0. The molecule has 0 fully saturated rings. The Kier molecular flexibility index (Phi) is 5.43. The van der Waals surface area contributed by atoms with Crippen LogP contribution in [0.2, 0.25) is 0 Å². The van der Waals surface area contributed by atoms with Gasteiger partial charge in [0.05, 0.1) is 0 Å². The molecule has 0 bridgehead atoms. The van der Waals surface area contributed by atoms with Crippen molar-refractivity contribution in [3.63, 3.8) is 0 Å². The van der Waals surface area contributed by atoms with Crippen LogP contribution in [0.15, 0.2) is 43.0 Å². The standard InChI is InChI=1S/C14H19NO2/c1-3-12(4-2)13(14(16)17)15-10-11-8-6-5-7-9-11/h3,5-9,12-13,15H,1,4,10H2,2H3,(H,16,17)/t12-,13-/m1/s1. The van der Waals surface area contributed by atoms with E-state index in [9.17, 15) is 9.90 Å². The molecule has 3 nitrogen and oxygen atoms in total. The minimum Gasteiger partial charge on any atom is -0.480 e. The van der Waals surface area contributed by atoms with Gasteiger partial charge < -0.3 is 5.11 Å². The maximum absolute atomic E-state index is 11.2. The number of benzene rings is 1. The SMILES string of the molecule is C=C[C@H](CC)[C@@H](NCc1ccccc1)C(=O)O. The zero-order valence-electron chi connectivity index (χ0n) is 10.1. The fraction of sp³-hybridized carbons (Fsp3) is 0.357. The van der Waals surface area contributed by atoms with Crippen LogP contribution in [0.25, 0.3) is 0 Å². The topological polar surface area (TPSA) is 49.3 Å². The summed E-state index contributed by atoms with van der Waals surface area (Å²) >= 11 is 0. The van der Waals surface area contributed by atoms with Crippen molar-refractivity contribution >= 4 is 5.97 Å². The fourth-order valence-corrected chi connectivity index (χ4v) is 1.78. The Balaban J connectivity index is 2.62. The largest absolute Gasteiger partial charge is 0.480 e. The van der Waals surface area contributed by atoms with Gasteiger partial charge in [0, 0.05) is 12.5 Å². The van der Waals surface area contributed by atoms with E-state index in [-0.39, 0.29) is 5.92 Å². The summed E-state index contributed by atoms with van der Waals surface area (Å²) in [6.45, 7) is 6.21. The van der Waals surface area contributed by atoms with Crippen LogP contribution in [0.3, 0.4) is 0 Å². The van der Waals surface area contributed by atoms with Crippen molar-refractivity contribution in [2.75, 3.05) is 0 Å². The van der Waals surface area contributed by atoms with E-state index in [4.69, 9.17) is 0 Å². The first-order valence-corrected chi connectivity index (χ1v) is 5.81. The lowest BCUT2D eigenvalue weighted by Crippen LogP contribution is -2.41. The number of aliphatic carboxylic acids is 1. The van der Waals surface area contributed by atoms with E-state index in [0.717, 1.165) is 12.0 Å². The number of hydrogen-bond acceptors (Lipinski definition) is 2. The van der Waals surface area contributed by atoms with Crippen LogP contribution in [0.4, 0.5) is 0 Å². The zero-order valence-corrected chi connectivity index (χ0v) is 10.1. The predicted molar refractivity (Wildman–Crippen MR) is 68.7 cm³/mol. The Hall–Kier alpha value is -1.61. The van der Waals surface area contributed by atoms with Gasteiger partial charge >= 0.3 is 5.97 Å². The van der Waals surface area contributed by atoms with Crippen molar-refractivity contribution in [2.24, 2.45) is 5.92 Å². The number of carbonyl (C=O) groups is 1. The van der Waals surface area contributed by atoms with Gasteiger partial charge in [-0.25, -0.2) is 0 Å². The first-order chi connectivity index (χ1) is 8.19. The van der Waals surface area contributed by atoms with Gasteiger partial charge in [0.2, 0.25) is 0 Å². The summed E-state index contributed by atoms with van der Waals surface area (Å²) in [6, 6.07) is 9.20. The first kappa shape index (κ1) is 13.5. The lowest BCUT2D eigenvalue weighted by molar-refractivity contribution is -0.140. The second kappa shape index (κ2) is 6.86. The second-order valence-electron chi connectivity index (χ2n) is 3.99. The Morgan fingerprint density at radius 2 is 2.12 bits per heavy atom. The van der Waals surface area contributed by atoms with Crippen molar-refractivity contribution in [2.45, 2.75) is 25.9 Å². The quantitative estimate of drug-likeness (QED) is 0.711. The smallest absolute Gasteiger partial charge is 0.321 e. The van der Waals surface area contributed by atoms with E-state index >= 15 is 0 Å². The number of nitrogens with one attached hydrogen (secondary N) is 1. The molecule has 0 aliphatic carbocycles. The normalized spacial score (nSPS) is 13.9. The molecule has 0 aliphatic heterocycles. The Labute approximate surface area is 102 Å². The van der Waals surface area contributed by atoms with Crippen LogP contribution < -0.4 is 5.32 Å². The zero-order chi connectivity index (χ0) is 12.7. The molecule has 0 aliphatic rings. The van der Waals surface area contributed by atoms with E-state index in [1.807, 2.05) is 37.3 Å². The molecule has 2 N–H and O–H groups in total. The van der Waals surface area contributed by atoms with Gasteiger partial charge in [-0.15, -0.1) is 6.58 Å². The number of rotatable bonds is 7. The molecule has 2 atom stereocenters. The molecule has 0 unspecified atom stereocenters. The monoisotopic (exact) mass is 233 g/mol. The molecule has 1 aromatic carbocycles. The Morgan fingerprint density at radius 3 is 2.59 bits per heavy atom. The van der Waals surface area contributed by atoms with Crippen LogP contribution in [0.1, 0.15) is 18.9 Å². The molecular formula is C14H19NO2. The third-order valence-corrected chi connectivity index (χ3v) is 2.84. The lowest BCUT2D eigenvalue weighted by Gasteiger charge is -2.20. The highest BCUT2D eigenvalue weighted by Gasteiger charge is 2.23. The Bertz CT molecular complexity index is 362. The molecule has 0 saturated heterocycles. The molecule has 92 valence electrons. The maximum atomic E-state index is 11.2. The van der Waals surface area contributed by atoms with E-state index in [1.165, 1.54) is 0 Å². The van der Waals surface area contributed by atoms with Crippen molar-refractivity contribution in [1.29, 1.82) is 0 Å². The molecule has 0 spiro atoms. The van der Waals surface area contributed by atoms with E-state index in [1.54, 1.807) is 6.08 Å². The summed E-state index contributed by atoms with van der Waals surface area (Å²) in [6.07, 6.45) is 2.47. The average Bonchev–Trinajstić information content (AvgIpc) is 2.35. The summed E-state index contributed by atoms with van der Waals surface area (Å²) < 4.78 is 0. The van der Waals surface area contributed by atoms with E-state index < -0.39 is 12.0 Å². The molecule has 0 amide bonds. The third kappa shape index (κ3) is 4.04. The van der Waals surface area contributed by atoms with Gasteiger partial charge in [-0.2, -0.15) is 0 Å². The summed E-state index contributed by atoms with van der Waals surface area (Å²) in [4.78, 5) is 11.2. The first-order valence-electron chi connectivity index (χ1n) is 5.81. The number of carboxylic acid groups (broad SMARTS) is 1. The lowest BCUT2D eigenvalue weighted by atomic mass is 9.97. The summed E-state index contributed by atoms with van der Waals surface area (Å²) in [5.41, 5.74) is 1.08. The van der Waals surface area contributed by atoms with Gasteiger partial charge in [-0.3, -0.25) is 10.1 Å². The molecule has 0 radical (unpaired) electrons. The van der Waals surface area contributed by atoms with Crippen LogP contribution in [0, 0.1) is 5.92 Å². The van der Waals surface area contributed by atoms with Crippen molar-refractivity contribution in [1.82, 2.24) is 5.32 Å². The summed E-state index contributed by atoms with van der Waals surface area (Å²) in [5.74, 6) is -0.871. The molecule has 17 heavy (non-hydrogen) atoms. The molecule has 0 aromatic heterocycles. The highest BCUT2D eigenvalue weighted by Crippen LogP contribution is 2.11. The van der Waals surface area contributed by atoms with Gasteiger partial charge in [0.15, 0.2) is 0 Å². The average molecular weight is 233 g/mol. The molecule has 0 saturated carbocycles. The third-order valence-electron chi connectivity index (χ3n) is 2.84. The summed E-state index contributed by atoms with van der Waals surface area (Å²) in [5, 5.41) is 12.2. The maximum Gasteiger partial charge on any atom is 0.321 e. The van der Waals surface area contributed by atoms with Crippen molar-refractivity contribution < 1.29 is 9.90 Å². The van der Waals surface area contributed by atoms with Crippen LogP contribution in [-0.2, 0) is 11.3 Å². The molecule has 3 heteroatoms. The number of hydrogen-bond donors (Lipinski definition) is 2. The highest BCUT2D eigenvalue weighted by atomic mass is 16.4. The number of carboxylic acids is 1. The minimum absolute atomic E-state index is 0.0452. The Morgan fingerprint density at radius 1 is 1.47 bits per heavy atom. The molecular weight excluding hydrogens is 214 g/mol. The van der Waals surface area contributed by atoms with Gasteiger partial charge in [-0.1, -0.05) is 43.3 Å². The predicted octanol–water partition coefficient (Wildman–Crippen LogP) is 2.44. The van der Waals surface area contributed by atoms with Gasteiger partial charge in [-0.05, 0) is 12.0 Å². The molecule has 1 aromatic rings. The van der Waals surface area contributed by atoms with Crippen LogP contribution in [0.5, 0.6) is 0 Å². The van der Waals surface area contributed by atoms with Gasteiger partial charge in [0.25, 0.3) is 0 Å². The minimum atomic E-state index is -0.826. The second-order valence-corrected chi connectivity index (χ2v) is 3.99. The van der Waals surface area contributed by atoms with Crippen LogP contribution in [-0.4, -0.2) is 17.1 Å². The van der Waals surface area contributed by atoms with Gasteiger partial charge in [0.1, 0.15) is 6.04 Å².